The summed E-state index contributed by atoms with van der Waals surface area (Å²) in [7, 11) is 0. The Morgan fingerprint density at radius 1 is 0.280 bits per heavy atom. The molecule has 0 radical (unpaired) electrons. The Balaban J connectivity index is 4.25. The first-order valence-electron chi connectivity index (χ1n) is 32.4. The van der Waals surface area contributed by atoms with E-state index in [2.05, 4.69) is 93.7 Å². The van der Waals surface area contributed by atoms with Gasteiger partial charge in [-0.05, 0) is 109 Å². The maximum absolute atomic E-state index is 12.9. The van der Waals surface area contributed by atoms with Crippen molar-refractivity contribution in [1.82, 2.24) is 0 Å². The summed E-state index contributed by atoms with van der Waals surface area (Å²) in [6.45, 7) is 6.50. The minimum atomic E-state index is -0.792. The van der Waals surface area contributed by atoms with Crippen LogP contribution in [0.5, 0.6) is 0 Å². The van der Waals surface area contributed by atoms with E-state index in [1.807, 2.05) is 0 Å². The zero-order chi connectivity index (χ0) is 54.3. The molecule has 0 amide bonds. The van der Waals surface area contributed by atoms with E-state index in [0.29, 0.717) is 19.3 Å². The maximum Gasteiger partial charge on any atom is 0.306 e. The standard InChI is InChI=1S/C69H122O6/c1-4-7-10-13-16-19-22-25-27-29-30-31-32-33-34-35-36-37-38-40-41-44-47-50-53-56-59-62-68(71)74-65-66(64-73-67(70)61-58-55-52-49-46-43-24-21-18-15-12-9-6-3)75-69(72)63-60-57-54-51-48-45-42-39-28-26-23-20-17-14-11-8-5-2/h9,12,17-18,20-21,26,28-30,43,46,66H,4-8,10-11,13-16,19,22-25,27,31-42,44-45,47-65H2,1-3H3/b12-9-,20-17-,21-18-,28-26-,30-29-,46-43-. The molecule has 1 unspecified atom stereocenters. The molecule has 0 aliphatic carbocycles. The average molecular weight is 1050 g/mol. The zero-order valence-electron chi connectivity index (χ0n) is 49.8. The minimum absolute atomic E-state index is 0.0862. The topological polar surface area (TPSA) is 78.9 Å². The first-order valence-corrected chi connectivity index (χ1v) is 32.4. The normalized spacial score (nSPS) is 12.5. The van der Waals surface area contributed by atoms with Gasteiger partial charge in [-0.15, -0.1) is 0 Å². The second-order valence-corrected chi connectivity index (χ2v) is 21.6. The third kappa shape index (κ3) is 61.6. The lowest BCUT2D eigenvalue weighted by molar-refractivity contribution is -0.167. The van der Waals surface area contributed by atoms with Gasteiger partial charge in [0.1, 0.15) is 13.2 Å². The highest BCUT2D eigenvalue weighted by molar-refractivity contribution is 5.71. The first kappa shape index (κ1) is 71.8. The Bertz CT molecular complexity index is 1390. The van der Waals surface area contributed by atoms with Crippen LogP contribution in [0.25, 0.3) is 0 Å². The van der Waals surface area contributed by atoms with Crippen LogP contribution >= 0.6 is 0 Å². The average Bonchev–Trinajstić information content (AvgIpc) is 3.41. The molecule has 0 aromatic carbocycles. The molecule has 0 fully saturated rings. The summed E-state index contributed by atoms with van der Waals surface area (Å²) in [6.07, 6.45) is 82.1. The van der Waals surface area contributed by atoms with Gasteiger partial charge in [0.05, 0.1) is 0 Å². The van der Waals surface area contributed by atoms with Crippen molar-refractivity contribution in [3.05, 3.63) is 72.9 Å². The van der Waals surface area contributed by atoms with Crippen LogP contribution in [0.15, 0.2) is 72.9 Å². The van der Waals surface area contributed by atoms with Gasteiger partial charge in [0.15, 0.2) is 6.10 Å². The summed E-state index contributed by atoms with van der Waals surface area (Å²) in [5.74, 6) is -0.911. The molecule has 434 valence electrons. The van der Waals surface area contributed by atoms with Gasteiger partial charge in [-0.1, -0.05) is 273 Å². The number of hydrogen-bond donors (Lipinski definition) is 0. The van der Waals surface area contributed by atoms with Crippen molar-refractivity contribution in [2.45, 2.75) is 335 Å². The lowest BCUT2D eigenvalue weighted by Gasteiger charge is -2.18. The Hall–Kier alpha value is -3.15. The van der Waals surface area contributed by atoms with Crippen LogP contribution in [0.2, 0.25) is 0 Å². The predicted molar refractivity (Wildman–Crippen MR) is 325 cm³/mol. The summed E-state index contributed by atoms with van der Waals surface area (Å²) >= 11 is 0. The Kier molecular flexibility index (Phi) is 60.7. The van der Waals surface area contributed by atoms with E-state index in [0.717, 1.165) is 96.3 Å². The molecular weight excluding hydrogens is 925 g/mol. The lowest BCUT2D eigenvalue weighted by atomic mass is 10.0. The summed E-state index contributed by atoms with van der Waals surface area (Å²) < 4.78 is 16.9. The van der Waals surface area contributed by atoms with Gasteiger partial charge in [0.25, 0.3) is 0 Å². The van der Waals surface area contributed by atoms with Gasteiger partial charge < -0.3 is 14.2 Å². The molecular formula is C69H122O6. The second kappa shape index (κ2) is 63.4. The van der Waals surface area contributed by atoms with E-state index in [1.54, 1.807) is 0 Å². The fraction of sp³-hybridized carbons (Fsp3) is 0.783. The molecule has 0 bridgehead atoms. The number of esters is 3. The fourth-order valence-electron chi connectivity index (χ4n) is 9.31. The van der Waals surface area contributed by atoms with Crippen LogP contribution in [0.1, 0.15) is 329 Å². The second-order valence-electron chi connectivity index (χ2n) is 21.6. The van der Waals surface area contributed by atoms with Crippen LogP contribution in [0, 0.1) is 0 Å². The monoisotopic (exact) mass is 1050 g/mol. The largest absolute Gasteiger partial charge is 0.462 e. The number of carbonyl (C=O) groups excluding carboxylic acids is 3. The molecule has 0 aliphatic rings. The number of ether oxygens (including phenoxy) is 3. The molecule has 0 aromatic rings. The minimum Gasteiger partial charge on any atom is -0.462 e. The summed E-state index contributed by atoms with van der Waals surface area (Å²) in [4.78, 5) is 38.3. The number of carbonyl (C=O) groups is 3. The molecule has 0 rings (SSSR count). The smallest absolute Gasteiger partial charge is 0.306 e. The third-order valence-corrected chi connectivity index (χ3v) is 14.2. The van der Waals surface area contributed by atoms with Gasteiger partial charge in [0, 0.05) is 19.3 Å². The molecule has 0 aliphatic heterocycles. The van der Waals surface area contributed by atoms with E-state index in [4.69, 9.17) is 14.2 Å². The van der Waals surface area contributed by atoms with Crippen LogP contribution in [-0.2, 0) is 28.6 Å². The van der Waals surface area contributed by atoms with Crippen molar-refractivity contribution in [3.63, 3.8) is 0 Å². The van der Waals surface area contributed by atoms with E-state index in [-0.39, 0.29) is 31.1 Å². The highest BCUT2D eigenvalue weighted by atomic mass is 16.6. The SMILES string of the molecule is CC/C=C\C/C=C\C/C=C\CCCCCC(=O)OCC(COC(=O)CCCCCCCCCCCCCCCCC/C=C\CCCCCCCCCC)OC(=O)CCCCCCCCC/C=C\C/C=C\CCCCC. The Labute approximate surface area is 465 Å². The molecule has 0 saturated carbocycles. The van der Waals surface area contributed by atoms with E-state index >= 15 is 0 Å². The van der Waals surface area contributed by atoms with Gasteiger partial charge in [0.2, 0.25) is 0 Å². The number of allylic oxidation sites excluding steroid dienone is 12. The van der Waals surface area contributed by atoms with Crippen molar-refractivity contribution < 1.29 is 28.6 Å². The Morgan fingerprint density at radius 2 is 0.520 bits per heavy atom. The van der Waals surface area contributed by atoms with Crippen molar-refractivity contribution in [2.24, 2.45) is 0 Å². The highest BCUT2D eigenvalue weighted by Gasteiger charge is 2.19. The van der Waals surface area contributed by atoms with Crippen LogP contribution in [0.3, 0.4) is 0 Å². The van der Waals surface area contributed by atoms with Crippen molar-refractivity contribution >= 4 is 17.9 Å². The van der Waals surface area contributed by atoms with Crippen LogP contribution in [0.4, 0.5) is 0 Å². The quantitative estimate of drug-likeness (QED) is 0.0261. The third-order valence-electron chi connectivity index (χ3n) is 14.2. The summed E-state index contributed by atoms with van der Waals surface area (Å²) in [6, 6.07) is 0. The fourth-order valence-corrected chi connectivity index (χ4v) is 9.31. The number of rotatable bonds is 59. The van der Waals surface area contributed by atoms with E-state index < -0.39 is 6.10 Å². The molecule has 0 N–H and O–H groups in total. The number of unbranched alkanes of at least 4 members (excludes halogenated alkanes) is 36. The van der Waals surface area contributed by atoms with Gasteiger partial charge in [-0.2, -0.15) is 0 Å². The van der Waals surface area contributed by atoms with Gasteiger partial charge >= 0.3 is 17.9 Å². The molecule has 6 nitrogen and oxygen atoms in total. The maximum atomic E-state index is 12.9. The molecule has 0 saturated heterocycles. The molecule has 1 atom stereocenters. The Morgan fingerprint density at radius 3 is 0.867 bits per heavy atom. The van der Waals surface area contributed by atoms with Crippen LogP contribution in [-0.4, -0.2) is 37.2 Å². The summed E-state index contributed by atoms with van der Waals surface area (Å²) in [5.41, 5.74) is 0. The van der Waals surface area contributed by atoms with Crippen molar-refractivity contribution in [1.29, 1.82) is 0 Å². The van der Waals surface area contributed by atoms with Crippen molar-refractivity contribution in [2.75, 3.05) is 13.2 Å². The molecule has 0 spiro atoms. The predicted octanol–water partition coefficient (Wildman–Crippen LogP) is 22.1. The van der Waals surface area contributed by atoms with Crippen LogP contribution < -0.4 is 0 Å². The molecule has 0 aromatic heterocycles. The van der Waals surface area contributed by atoms with Gasteiger partial charge in [-0.25, -0.2) is 0 Å². The molecule has 0 heterocycles. The van der Waals surface area contributed by atoms with Gasteiger partial charge in [-0.3, -0.25) is 14.4 Å². The van der Waals surface area contributed by atoms with E-state index in [1.165, 1.54) is 193 Å². The molecule has 6 heteroatoms. The lowest BCUT2D eigenvalue weighted by Crippen LogP contribution is -2.30. The number of hydrogen-bond acceptors (Lipinski definition) is 6. The zero-order valence-corrected chi connectivity index (χ0v) is 49.8. The highest BCUT2D eigenvalue weighted by Crippen LogP contribution is 2.17. The van der Waals surface area contributed by atoms with E-state index in [9.17, 15) is 14.4 Å². The molecule has 75 heavy (non-hydrogen) atoms. The first-order chi connectivity index (χ1) is 37.0. The van der Waals surface area contributed by atoms with Crippen molar-refractivity contribution in [3.8, 4) is 0 Å². The summed E-state index contributed by atoms with van der Waals surface area (Å²) in [5, 5.41) is 0.